The summed E-state index contributed by atoms with van der Waals surface area (Å²) in [5.41, 5.74) is 9.29. The van der Waals surface area contributed by atoms with Crippen LogP contribution in [0.25, 0.3) is 22.3 Å². The van der Waals surface area contributed by atoms with Crippen LogP contribution in [-0.2, 0) is 11.2 Å². The molecule has 3 aromatic heterocycles. The number of anilines is 1. The molecule has 1 aromatic carbocycles. The van der Waals surface area contributed by atoms with Crippen LogP contribution in [0.3, 0.4) is 0 Å². The third-order valence-corrected chi connectivity index (χ3v) is 6.68. The van der Waals surface area contributed by atoms with Crippen LogP contribution >= 0.6 is 0 Å². The van der Waals surface area contributed by atoms with Crippen molar-refractivity contribution in [3.8, 4) is 11.3 Å². The SMILES string of the molecule is C=CC(=O)N1CCC[C@@H](n2nc(-c3ccc(CCC(=O)c4cnccc4F)cc3)c3c(N)ncnc32)C1. The van der Waals surface area contributed by atoms with Gasteiger partial charge in [0.1, 0.15) is 23.7 Å². The van der Waals surface area contributed by atoms with E-state index in [0.29, 0.717) is 42.1 Å². The summed E-state index contributed by atoms with van der Waals surface area (Å²) in [5, 5.41) is 5.54. The molecule has 1 saturated heterocycles. The molecule has 5 rings (SSSR count). The second-order valence-electron chi connectivity index (χ2n) is 9.01. The van der Waals surface area contributed by atoms with Crippen molar-refractivity contribution in [2.24, 2.45) is 0 Å². The highest BCUT2D eigenvalue weighted by Crippen LogP contribution is 2.34. The second-order valence-corrected chi connectivity index (χ2v) is 9.01. The molecule has 1 amide bonds. The number of piperidine rings is 1. The lowest BCUT2D eigenvalue weighted by molar-refractivity contribution is -0.127. The Morgan fingerprint density at radius 1 is 1.19 bits per heavy atom. The van der Waals surface area contributed by atoms with E-state index in [4.69, 9.17) is 10.8 Å². The van der Waals surface area contributed by atoms with E-state index in [-0.39, 0.29) is 29.7 Å². The average Bonchev–Trinajstić information content (AvgIpc) is 3.33. The van der Waals surface area contributed by atoms with E-state index in [0.717, 1.165) is 24.0 Å². The number of fused-ring (bicyclic) bond motifs is 1. The lowest BCUT2D eigenvalue weighted by atomic mass is 10.0. The van der Waals surface area contributed by atoms with Crippen LogP contribution in [-0.4, -0.2) is 54.4 Å². The number of carbonyl (C=O) groups excluding carboxylic acids is 2. The minimum absolute atomic E-state index is 0.00248. The van der Waals surface area contributed by atoms with Gasteiger partial charge >= 0.3 is 0 Å². The summed E-state index contributed by atoms with van der Waals surface area (Å²) in [6.07, 6.45) is 7.65. The minimum atomic E-state index is -0.562. The summed E-state index contributed by atoms with van der Waals surface area (Å²) in [4.78, 5) is 38.8. The molecule has 0 unspecified atom stereocenters. The molecule has 2 N–H and O–H groups in total. The van der Waals surface area contributed by atoms with Crippen molar-refractivity contribution in [3.05, 3.63) is 78.7 Å². The van der Waals surface area contributed by atoms with Gasteiger partial charge in [0.25, 0.3) is 0 Å². The smallest absolute Gasteiger partial charge is 0.246 e. The van der Waals surface area contributed by atoms with Gasteiger partial charge in [-0.05, 0) is 37.0 Å². The summed E-state index contributed by atoms with van der Waals surface area (Å²) in [6, 6.07) is 8.79. The van der Waals surface area contributed by atoms with Crippen LogP contribution in [0.15, 0.2) is 61.7 Å². The van der Waals surface area contributed by atoms with E-state index >= 15 is 0 Å². The van der Waals surface area contributed by atoms with Gasteiger partial charge in [0, 0.05) is 37.5 Å². The first-order chi connectivity index (χ1) is 18.0. The zero-order valence-electron chi connectivity index (χ0n) is 20.2. The lowest BCUT2D eigenvalue weighted by Gasteiger charge is -2.32. The van der Waals surface area contributed by atoms with E-state index in [1.54, 1.807) is 4.90 Å². The van der Waals surface area contributed by atoms with Gasteiger partial charge in [0.2, 0.25) is 5.91 Å². The molecule has 0 radical (unpaired) electrons. The standard InChI is InChI=1S/C27H26FN7O2/c1-2-23(37)34-13-3-4-19(15-34)35-27-24(26(29)31-16-32-27)25(33-35)18-8-5-17(6-9-18)7-10-22(36)20-14-30-12-11-21(20)28/h2,5-6,8-9,11-12,14,16,19H,1,3-4,7,10,13,15H2,(H2,29,31,32)/t19-/m1/s1. The van der Waals surface area contributed by atoms with Gasteiger partial charge in [-0.25, -0.2) is 19.0 Å². The Kier molecular flexibility index (Phi) is 6.72. The topological polar surface area (TPSA) is 120 Å². The molecular weight excluding hydrogens is 473 g/mol. The zero-order valence-corrected chi connectivity index (χ0v) is 20.2. The number of ketones is 1. The van der Waals surface area contributed by atoms with Crippen molar-refractivity contribution in [1.29, 1.82) is 0 Å². The molecule has 1 atom stereocenters. The van der Waals surface area contributed by atoms with Crippen molar-refractivity contribution in [2.45, 2.75) is 31.7 Å². The highest BCUT2D eigenvalue weighted by molar-refractivity contribution is 5.98. The molecule has 0 bridgehead atoms. The van der Waals surface area contributed by atoms with Crippen molar-refractivity contribution in [2.75, 3.05) is 18.8 Å². The summed E-state index contributed by atoms with van der Waals surface area (Å²) in [7, 11) is 0. The molecule has 0 spiro atoms. The monoisotopic (exact) mass is 499 g/mol. The zero-order chi connectivity index (χ0) is 25.9. The Bertz CT molecular complexity index is 1480. The number of rotatable bonds is 7. The van der Waals surface area contributed by atoms with E-state index in [2.05, 4.69) is 21.5 Å². The van der Waals surface area contributed by atoms with E-state index in [9.17, 15) is 14.0 Å². The third kappa shape index (κ3) is 4.82. The normalized spacial score (nSPS) is 15.6. The number of aromatic nitrogens is 5. The lowest BCUT2D eigenvalue weighted by Crippen LogP contribution is -2.40. The van der Waals surface area contributed by atoms with E-state index in [1.165, 1.54) is 30.9 Å². The number of nitrogens with two attached hydrogens (primary N) is 1. The molecule has 188 valence electrons. The number of nitrogens with zero attached hydrogens (tertiary/aromatic N) is 6. The number of amides is 1. The number of carbonyl (C=O) groups is 2. The summed E-state index contributed by atoms with van der Waals surface area (Å²) < 4.78 is 15.7. The fourth-order valence-corrected chi connectivity index (χ4v) is 4.74. The average molecular weight is 500 g/mol. The van der Waals surface area contributed by atoms with Crippen LogP contribution in [0, 0.1) is 5.82 Å². The number of nitrogen functional groups attached to an aromatic ring is 1. The summed E-state index contributed by atoms with van der Waals surface area (Å²) in [5.74, 6) is -0.626. The van der Waals surface area contributed by atoms with Gasteiger partial charge in [0.15, 0.2) is 11.4 Å². The molecule has 0 aliphatic carbocycles. The Morgan fingerprint density at radius 3 is 2.76 bits per heavy atom. The van der Waals surface area contributed by atoms with Crippen LogP contribution in [0.5, 0.6) is 0 Å². The molecule has 9 nitrogen and oxygen atoms in total. The minimum Gasteiger partial charge on any atom is -0.383 e. The fourth-order valence-electron chi connectivity index (χ4n) is 4.74. The molecule has 1 fully saturated rings. The van der Waals surface area contributed by atoms with Crippen molar-refractivity contribution in [3.63, 3.8) is 0 Å². The predicted molar refractivity (Wildman–Crippen MR) is 137 cm³/mol. The maximum atomic E-state index is 13.9. The molecular formula is C27H26FN7O2. The van der Waals surface area contributed by atoms with Gasteiger partial charge in [-0.15, -0.1) is 0 Å². The molecule has 1 aliphatic heterocycles. The Morgan fingerprint density at radius 2 is 2.00 bits per heavy atom. The number of aryl methyl sites for hydroxylation is 1. The molecule has 37 heavy (non-hydrogen) atoms. The van der Waals surface area contributed by atoms with E-state index in [1.807, 2.05) is 28.9 Å². The molecule has 10 heteroatoms. The van der Waals surface area contributed by atoms with Crippen LogP contribution in [0.4, 0.5) is 10.2 Å². The second kappa shape index (κ2) is 10.3. The molecule has 4 heterocycles. The highest BCUT2D eigenvalue weighted by atomic mass is 19.1. The Labute approximate surface area is 212 Å². The number of hydrogen-bond donors (Lipinski definition) is 1. The number of hydrogen-bond acceptors (Lipinski definition) is 7. The van der Waals surface area contributed by atoms with Crippen molar-refractivity contribution >= 4 is 28.5 Å². The summed E-state index contributed by atoms with van der Waals surface area (Å²) in [6.45, 7) is 4.79. The molecule has 1 aliphatic rings. The number of benzene rings is 1. The number of pyridine rings is 1. The van der Waals surface area contributed by atoms with Crippen molar-refractivity contribution in [1.82, 2.24) is 29.6 Å². The van der Waals surface area contributed by atoms with Gasteiger partial charge in [0.05, 0.1) is 17.0 Å². The number of halogens is 1. The first-order valence-electron chi connectivity index (χ1n) is 12.1. The van der Waals surface area contributed by atoms with Gasteiger partial charge in [-0.1, -0.05) is 30.8 Å². The maximum absolute atomic E-state index is 13.9. The Balaban J connectivity index is 1.40. The number of Topliss-reactive ketones (excluding diaryl/α,β-unsaturated/α-hetero) is 1. The molecule has 4 aromatic rings. The van der Waals surface area contributed by atoms with Crippen LogP contribution in [0.2, 0.25) is 0 Å². The fraction of sp³-hybridized carbons (Fsp3) is 0.259. The van der Waals surface area contributed by atoms with Crippen molar-refractivity contribution < 1.29 is 14.0 Å². The third-order valence-electron chi connectivity index (χ3n) is 6.68. The highest BCUT2D eigenvalue weighted by Gasteiger charge is 2.28. The van der Waals surface area contributed by atoms with Gasteiger partial charge in [-0.2, -0.15) is 5.10 Å². The van der Waals surface area contributed by atoms with Gasteiger partial charge in [-0.3, -0.25) is 14.6 Å². The van der Waals surface area contributed by atoms with Crippen LogP contribution in [0.1, 0.15) is 41.2 Å². The number of likely N-dealkylation sites (tertiary alicyclic amines) is 1. The van der Waals surface area contributed by atoms with Crippen LogP contribution < -0.4 is 5.73 Å². The predicted octanol–water partition coefficient (Wildman–Crippen LogP) is 3.77. The van der Waals surface area contributed by atoms with Gasteiger partial charge < -0.3 is 10.6 Å². The first kappa shape index (κ1) is 24.2. The van der Waals surface area contributed by atoms with E-state index < -0.39 is 5.82 Å². The Hall–Kier alpha value is -4.47. The largest absolute Gasteiger partial charge is 0.383 e. The quantitative estimate of drug-likeness (QED) is 0.304. The summed E-state index contributed by atoms with van der Waals surface area (Å²) >= 11 is 0. The maximum Gasteiger partial charge on any atom is 0.246 e. The first-order valence-corrected chi connectivity index (χ1v) is 12.1. The molecule has 0 saturated carbocycles.